The molecule has 156 valence electrons. The first-order valence-electron chi connectivity index (χ1n) is 9.75. The van der Waals surface area contributed by atoms with Crippen LogP contribution in [0.25, 0.3) is 0 Å². The lowest BCUT2D eigenvalue weighted by Gasteiger charge is -2.31. The van der Waals surface area contributed by atoms with Gasteiger partial charge in [0, 0.05) is 18.8 Å². The van der Waals surface area contributed by atoms with Gasteiger partial charge in [0.1, 0.15) is 12.2 Å². The molecule has 1 unspecified atom stereocenters. The van der Waals surface area contributed by atoms with Gasteiger partial charge >= 0.3 is 0 Å². The topological polar surface area (TPSA) is 88.5 Å². The standard InChI is InChI=1S/C21H27N3O4S/c1-15-6-9-18(10-7-15)29(27,28)22-19-11-8-17(3)24(21(19)26)14-20(25)23-12-4-5-16(2)13-23/h6-11,16,22H,4-5,12-14H2,1-3H3. The molecule has 1 N–H and O–H groups in total. The molecule has 1 aromatic carbocycles. The minimum atomic E-state index is -3.90. The van der Waals surface area contributed by atoms with Crippen molar-refractivity contribution >= 4 is 21.6 Å². The van der Waals surface area contributed by atoms with Gasteiger partial charge in [-0.1, -0.05) is 24.6 Å². The van der Waals surface area contributed by atoms with Crippen LogP contribution in [0, 0.1) is 19.8 Å². The molecule has 29 heavy (non-hydrogen) atoms. The van der Waals surface area contributed by atoms with E-state index in [9.17, 15) is 18.0 Å². The van der Waals surface area contributed by atoms with E-state index in [0.717, 1.165) is 18.4 Å². The summed E-state index contributed by atoms with van der Waals surface area (Å²) in [5.74, 6) is 0.318. The van der Waals surface area contributed by atoms with E-state index in [2.05, 4.69) is 11.6 Å². The van der Waals surface area contributed by atoms with Crippen LogP contribution in [0.3, 0.4) is 0 Å². The summed E-state index contributed by atoms with van der Waals surface area (Å²) >= 11 is 0. The first kappa shape index (κ1) is 21.1. The van der Waals surface area contributed by atoms with E-state index < -0.39 is 15.6 Å². The number of nitrogens with one attached hydrogen (secondary N) is 1. The fourth-order valence-electron chi connectivity index (χ4n) is 3.52. The van der Waals surface area contributed by atoms with E-state index in [0.29, 0.717) is 24.7 Å². The molecule has 7 nitrogen and oxygen atoms in total. The van der Waals surface area contributed by atoms with E-state index in [4.69, 9.17) is 0 Å². The number of benzene rings is 1. The maximum absolute atomic E-state index is 12.9. The van der Waals surface area contributed by atoms with E-state index in [1.54, 1.807) is 30.0 Å². The van der Waals surface area contributed by atoms with Gasteiger partial charge in [0.2, 0.25) is 5.91 Å². The van der Waals surface area contributed by atoms with Crippen LogP contribution in [0.4, 0.5) is 5.69 Å². The molecule has 2 heterocycles. The molecule has 1 atom stereocenters. The third-order valence-corrected chi connectivity index (χ3v) is 6.65. The normalized spacial score (nSPS) is 17.2. The van der Waals surface area contributed by atoms with Gasteiger partial charge in [-0.15, -0.1) is 0 Å². The lowest BCUT2D eigenvalue weighted by Crippen LogP contribution is -2.42. The van der Waals surface area contributed by atoms with Crippen LogP contribution in [0.1, 0.15) is 31.0 Å². The Labute approximate surface area is 171 Å². The molecule has 0 saturated carbocycles. The minimum Gasteiger partial charge on any atom is -0.341 e. The highest BCUT2D eigenvalue weighted by molar-refractivity contribution is 7.92. The predicted octanol–water partition coefficient (Wildman–Crippen LogP) is 2.52. The van der Waals surface area contributed by atoms with Crippen molar-refractivity contribution in [3.63, 3.8) is 0 Å². The first-order valence-corrected chi connectivity index (χ1v) is 11.2. The van der Waals surface area contributed by atoms with Gasteiger partial charge in [0.15, 0.2) is 0 Å². The SMILES string of the molecule is Cc1ccc(S(=O)(=O)Nc2ccc(C)n(CC(=O)N3CCCC(C)C3)c2=O)cc1. The molecule has 3 rings (SSSR count). The number of rotatable bonds is 5. The Morgan fingerprint density at radius 1 is 1.14 bits per heavy atom. The van der Waals surface area contributed by atoms with Crippen LogP contribution in [-0.2, 0) is 21.4 Å². The van der Waals surface area contributed by atoms with Crippen molar-refractivity contribution in [3.8, 4) is 0 Å². The number of hydrogen-bond acceptors (Lipinski definition) is 4. The highest BCUT2D eigenvalue weighted by atomic mass is 32.2. The number of carbonyl (C=O) groups is 1. The van der Waals surface area contributed by atoms with Gasteiger partial charge in [-0.25, -0.2) is 8.42 Å². The number of hydrogen-bond donors (Lipinski definition) is 1. The molecule has 0 radical (unpaired) electrons. The third-order valence-electron chi connectivity index (χ3n) is 5.27. The average Bonchev–Trinajstić information content (AvgIpc) is 2.67. The largest absolute Gasteiger partial charge is 0.341 e. The Kier molecular flexibility index (Phi) is 6.12. The number of aryl methyl sites for hydroxylation is 2. The van der Waals surface area contributed by atoms with E-state index in [1.807, 2.05) is 6.92 Å². The van der Waals surface area contributed by atoms with Crippen molar-refractivity contribution < 1.29 is 13.2 Å². The molecule has 0 spiro atoms. The molecule has 8 heteroatoms. The van der Waals surface area contributed by atoms with Gasteiger partial charge in [-0.05, 0) is 56.9 Å². The number of carbonyl (C=O) groups excluding carboxylic acids is 1. The van der Waals surface area contributed by atoms with E-state index in [-0.39, 0.29) is 23.0 Å². The molecular formula is C21H27N3O4S. The first-order chi connectivity index (χ1) is 13.7. The quantitative estimate of drug-likeness (QED) is 0.810. The zero-order chi connectivity index (χ0) is 21.2. The third kappa shape index (κ3) is 4.87. The monoisotopic (exact) mass is 417 g/mol. The van der Waals surface area contributed by atoms with E-state index in [1.165, 1.54) is 22.8 Å². The van der Waals surface area contributed by atoms with Crippen molar-refractivity contribution in [1.29, 1.82) is 0 Å². The summed E-state index contributed by atoms with van der Waals surface area (Å²) in [7, 11) is -3.90. The molecule has 2 aromatic rings. The summed E-state index contributed by atoms with van der Waals surface area (Å²) in [5, 5.41) is 0. The Balaban J connectivity index is 1.84. The van der Waals surface area contributed by atoms with Crippen molar-refractivity contribution in [2.24, 2.45) is 5.92 Å². The maximum atomic E-state index is 12.9. The second-order valence-corrected chi connectivity index (χ2v) is 9.47. The Hall–Kier alpha value is -2.61. The fraction of sp³-hybridized carbons (Fsp3) is 0.429. The van der Waals surface area contributed by atoms with Crippen LogP contribution >= 0.6 is 0 Å². The summed E-state index contributed by atoms with van der Waals surface area (Å²) in [5.41, 5.74) is 0.939. The molecule has 1 fully saturated rings. The summed E-state index contributed by atoms with van der Waals surface area (Å²) in [6, 6.07) is 9.45. The Morgan fingerprint density at radius 2 is 1.83 bits per heavy atom. The van der Waals surface area contributed by atoms with Gasteiger partial charge in [-0.2, -0.15) is 0 Å². The number of amides is 1. The van der Waals surface area contributed by atoms with Gasteiger partial charge < -0.3 is 9.47 Å². The molecule has 0 aliphatic carbocycles. The number of sulfonamides is 1. The van der Waals surface area contributed by atoms with Gasteiger partial charge in [-0.3, -0.25) is 14.3 Å². The minimum absolute atomic E-state index is 0.0732. The van der Waals surface area contributed by atoms with E-state index >= 15 is 0 Å². The number of piperidine rings is 1. The van der Waals surface area contributed by atoms with Crippen LogP contribution in [0.5, 0.6) is 0 Å². The average molecular weight is 418 g/mol. The second-order valence-electron chi connectivity index (χ2n) is 7.79. The predicted molar refractivity (Wildman–Crippen MR) is 112 cm³/mol. The maximum Gasteiger partial charge on any atom is 0.275 e. The fourth-order valence-corrected chi connectivity index (χ4v) is 4.57. The molecule has 1 aliphatic heterocycles. The van der Waals surface area contributed by atoms with Crippen LogP contribution in [0.15, 0.2) is 46.1 Å². The van der Waals surface area contributed by atoms with Gasteiger partial charge in [0.05, 0.1) is 4.90 Å². The van der Waals surface area contributed by atoms with Crippen molar-refractivity contribution in [2.75, 3.05) is 17.8 Å². The highest BCUT2D eigenvalue weighted by Gasteiger charge is 2.23. The number of anilines is 1. The molecule has 1 amide bonds. The molecule has 1 aliphatic rings. The molecular weight excluding hydrogens is 390 g/mol. The Morgan fingerprint density at radius 3 is 2.48 bits per heavy atom. The van der Waals surface area contributed by atoms with Crippen molar-refractivity contribution in [3.05, 3.63) is 58.0 Å². The summed E-state index contributed by atoms with van der Waals surface area (Å²) < 4.78 is 29.0. The summed E-state index contributed by atoms with van der Waals surface area (Å²) in [4.78, 5) is 27.5. The highest BCUT2D eigenvalue weighted by Crippen LogP contribution is 2.17. The molecule has 0 bridgehead atoms. The molecule has 1 aromatic heterocycles. The van der Waals surface area contributed by atoms with Crippen LogP contribution in [0.2, 0.25) is 0 Å². The summed E-state index contributed by atoms with van der Waals surface area (Å²) in [6.07, 6.45) is 2.05. The number of likely N-dealkylation sites (tertiary alicyclic amines) is 1. The zero-order valence-electron chi connectivity index (χ0n) is 17.0. The number of aromatic nitrogens is 1. The zero-order valence-corrected chi connectivity index (χ0v) is 17.8. The van der Waals surface area contributed by atoms with Crippen LogP contribution < -0.4 is 10.3 Å². The molecule has 1 saturated heterocycles. The lowest BCUT2D eigenvalue weighted by atomic mass is 10.0. The van der Waals surface area contributed by atoms with Crippen molar-refractivity contribution in [2.45, 2.75) is 45.1 Å². The second kappa shape index (κ2) is 8.41. The summed E-state index contributed by atoms with van der Waals surface area (Å²) in [6.45, 7) is 6.98. The van der Waals surface area contributed by atoms with Gasteiger partial charge in [0.25, 0.3) is 15.6 Å². The number of nitrogens with zero attached hydrogens (tertiary/aromatic N) is 2. The lowest BCUT2D eigenvalue weighted by molar-refractivity contribution is -0.133. The smallest absolute Gasteiger partial charge is 0.275 e. The Bertz CT molecular complexity index is 1060. The van der Waals surface area contributed by atoms with Crippen LogP contribution in [-0.4, -0.2) is 36.9 Å². The van der Waals surface area contributed by atoms with Crippen molar-refractivity contribution in [1.82, 2.24) is 9.47 Å². The number of pyridine rings is 1.